The van der Waals surface area contributed by atoms with Crippen LogP contribution in [0.5, 0.6) is 0 Å². The number of nitrogens with one attached hydrogen (secondary N) is 2. The average Bonchev–Trinajstić information content (AvgIpc) is 3.52. The number of nitrogens with zero attached hydrogens (tertiary/aromatic N) is 5. The van der Waals surface area contributed by atoms with Gasteiger partial charge in [0, 0.05) is 35.7 Å². The summed E-state index contributed by atoms with van der Waals surface area (Å²) in [6.45, 7) is 1.90. The van der Waals surface area contributed by atoms with Crippen molar-refractivity contribution in [1.29, 1.82) is 0 Å². The lowest BCUT2D eigenvalue weighted by Gasteiger charge is -2.41. The SMILES string of the molecule is Cc1cc(Nc2cc(C3CC(F)(C4CC4)C3)nc(Sc3ccc4nc(CC(F)(F)F)n(C)c4c3)n2)n[nH]1. The number of fused-ring (bicyclic) bond motifs is 1. The second-order valence-corrected chi connectivity index (χ2v) is 11.1. The van der Waals surface area contributed by atoms with Crippen molar-refractivity contribution in [3.8, 4) is 0 Å². The Morgan fingerprint density at radius 2 is 1.89 bits per heavy atom. The molecule has 0 unspecified atom stereocenters. The van der Waals surface area contributed by atoms with Crippen molar-refractivity contribution in [2.45, 2.75) is 66.8 Å². The lowest BCUT2D eigenvalue weighted by Crippen LogP contribution is -2.40. The minimum absolute atomic E-state index is 0.0129. The van der Waals surface area contributed by atoms with Gasteiger partial charge >= 0.3 is 6.18 Å². The fraction of sp³-hybridized carbons (Fsp3) is 0.440. The predicted molar refractivity (Wildman–Crippen MR) is 132 cm³/mol. The Bertz CT molecular complexity index is 1470. The van der Waals surface area contributed by atoms with Crippen LogP contribution in [0.4, 0.5) is 29.2 Å². The van der Waals surface area contributed by atoms with Gasteiger partial charge in [0.1, 0.15) is 23.7 Å². The van der Waals surface area contributed by atoms with Crippen molar-refractivity contribution in [3.05, 3.63) is 47.5 Å². The normalized spacial score (nSPS) is 21.8. The summed E-state index contributed by atoms with van der Waals surface area (Å²) in [4.78, 5) is 14.3. The van der Waals surface area contributed by atoms with E-state index in [1.807, 2.05) is 19.1 Å². The van der Waals surface area contributed by atoms with Crippen LogP contribution < -0.4 is 5.32 Å². The lowest BCUT2D eigenvalue weighted by molar-refractivity contribution is -0.128. The van der Waals surface area contributed by atoms with Crippen LogP contribution in [0.2, 0.25) is 0 Å². The maximum Gasteiger partial charge on any atom is 0.396 e. The van der Waals surface area contributed by atoms with Crippen LogP contribution in [-0.2, 0) is 13.5 Å². The fourth-order valence-electron chi connectivity index (χ4n) is 5.00. The first kappa shape index (κ1) is 24.2. The third kappa shape index (κ3) is 5.03. The molecule has 0 bridgehead atoms. The smallest absolute Gasteiger partial charge is 0.331 e. The zero-order valence-electron chi connectivity index (χ0n) is 20.2. The zero-order chi connectivity index (χ0) is 25.9. The molecule has 2 aliphatic rings. The summed E-state index contributed by atoms with van der Waals surface area (Å²) < 4.78 is 55.3. The molecule has 2 fully saturated rings. The Kier molecular flexibility index (Phi) is 5.70. The molecule has 2 N–H and O–H groups in total. The molecule has 37 heavy (non-hydrogen) atoms. The van der Waals surface area contributed by atoms with Gasteiger partial charge in [0.15, 0.2) is 11.0 Å². The molecule has 1 aromatic carbocycles. The maximum atomic E-state index is 15.1. The number of alkyl halides is 4. The Morgan fingerprint density at radius 1 is 1.11 bits per heavy atom. The van der Waals surface area contributed by atoms with E-state index in [-0.39, 0.29) is 17.7 Å². The van der Waals surface area contributed by atoms with Crippen LogP contribution >= 0.6 is 11.8 Å². The number of halogens is 4. The predicted octanol–water partition coefficient (Wildman–Crippen LogP) is 6.39. The highest BCUT2D eigenvalue weighted by molar-refractivity contribution is 7.99. The van der Waals surface area contributed by atoms with E-state index < -0.39 is 18.3 Å². The zero-order valence-corrected chi connectivity index (χ0v) is 21.0. The Labute approximate surface area is 214 Å². The molecule has 12 heteroatoms. The van der Waals surface area contributed by atoms with Gasteiger partial charge in [-0.3, -0.25) is 5.10 Å². The standard InChI is InChI=1S/C25H25F4N7S/c1-13-7-21(35-34-13)32-20-9-18(14-10-24(26,11-14)15-3-4-15)31-23(33-20)37-16-5-6-17-19(8-16)36(2)22(30-17)12-25(27,28)29/h5-9,14-15H,3-4,10-12H2,1-2H3,(H2,31,32,33,34,35). The number of hydrogen-bond acceptors (Lipinski definition) is 6. The lowest BCUT2D eigenvalue weighted by atomic mass is 9.68. The van der Waals surface area contributed by atoms with Gasteiger partial charge in [0.25, 0.3) is 0 Å². The van der Waals surface area contributed by atoms with Gasteiger partial charge in [0.2, 0.25) is 0 Å². The summed E-state index contributed by atoms with van der Waals surface area (Å²) in [5, 5.41) is 10.7. The van der Waals surface area contributed by atoms with E-state index in [0.717, 1.165) is 29.1 Å². The quantitative estimate of drug-likeness (QED) is 0.212. The van der Waals surface area contributed by atoms with Crippen molar-refractivity contribution >= 4 is 34.4 Å². The molecular formula is C25H25F4N7S. The highest BCUT2D eigenvalue weighted by Gasteiger charge is 2.55. The minimum atomic E-state index is -4.34. The van der Waals surface area contributed by atoms with E-state index in [1.54, 1.807) is 25.2 Å². The first-order valence-corrected chi connectivity index (χ1v) is 12.9. The first-order chi connectivity index (χ1) is 17.5. The number of H-pyrrole nitrogens is 1. The summed E-state index contributed by atoms with van der Waals surface area (Å²) in [6, 6.07) is 8.98. The third-order valence-corrected chi connectivity index (χ3v) is 7.95. The Morgan fingerprint density at radius 3 is 2.57 bits per heavy atom. The highest BCUT2D eigenvalue weighted by atomic mass is 32.2. The number of imidazole rings is 1. The van der Waals surface area contributed by atoms with Crippen LogP contribution in [0.3, 0.4) is 0 Å². The molecule has 4 aromatic rings. The van der Waals surface area contributed by atoms with Crippen LogP contribution in [-0.4, -0.2) is 41.6 Å². The van der Waals surface area contributed by atoms with Crippen molar-refractivity contribution in [3.63, 3.8) is 0 Å². The van der Waals surface area contributed by atoms with Gasteiger partial charge in [-0.05, 0) is 68.5 Å². The largest absolute Gasteiger partial charge is 0.396 e. The molecular weight excluding hydrogens is 506 g/mol. The van der Waals surface area contributed by atoms with Gasteiger partial charge in [0.05, 0.1) is 16.7 Å². The summed E-state index contributed by atoms with van der Waals surface area (Å²) in [7, 11) is 1.58. The Hall–Kier alpha value is -3.15. The van der Waals surface area contributed by atoms with Crippen LogP contribution in [0.1, 0.15) is 48.8 Å². The molecule has 0 radical (unpaired) electrons. The molecule has 194 valence electrons. The molecule has 3 aromatic heterocycles. The Balaban J connectivity index is 1.29. The van der Waals surface area contributed by atoms with Crippen molar-refractivity contribution in [1.82, 2.24) is 29.7 Å². The summed E-state index contributed by atoms with van der Waals surface area (Å²) in [5.74, 6) is 1.31. The second-order valence-electron chi connectivity index (χ2n) is 10.1. The van der Waals surface area contributed by atoms with Gasteiger partial charge < -0.3 is 9.88 Å². The van der Waals surface area contributed by atoms with Gasteiger partial charge in [-0.25, -0.2) is 19.3 Å². The topological polar surface area (TPSA) is 84.3 Å². The molecule has 0 spiro atoms. The molecule has 2 saturated carbocycles. The molecule has 6 rings (SSSR count). The maximum absolute atomic E-state index is 15.1. The van der Waals surface area contributed by atoms with Crippen molar-refractivity contribution in [2.24, 2.45) is 13.0 Å². The third-order valence-electron chi connectivity index (χ3n) is 7.10. The van der Waals surface area contributed by atoms with Gasteiger partial charge in [-0.1, -0.05) is 0 Å². The molecule has 0 atom stereocenters. The van der Waals surface area contributed by atoms with Crippen LogP contribution in [0.15, 0.2) is 40.4 Å². The summed E-state index contributed by atoms with van der Waals surface area (Å²) >= 11 is 1.30. The number of benzene rings is 1. The van der Waals surface area contributed by atoms with E-state index in [1.165, 1.54) is 16.3 Å². The number of hydrogen-bond donors (Lipinski definition) is 2. The minimum Gasteiger partial charge on any atom is -0.331 e. The second kappa shape index (κ2) is 8.71. The molecule has 0 amide bonds. The van der Waals surface area contributed by atoms with Gasteiger partial charge in [-0.2, -0.15) is 18.3 Å². The molecule has 0 saturated heterocycles. The number of anilines is 2. The van der Waals surface area contributed by atoms with Crippen molar-refractivity contribution in [2.75, 3.05) is 5.32 Å². The highest BCUT2D eigenvalue weighted by Crippen LogP contribution is 2.58. The van der Waals surface area contributed by atoms with E-state index in [2.05, 4.69) is 25.5 Å². The van der Waals surface area contributed by atoms with E-state index in [0.29, 0.717) is 40.7 Å². The molecule has 0 aliphatic heterocycles. The van der Waals surface area contributed by atoms with E-state index >= 15 is 4.39 Å². The first-order valence-electron chi connectivity index (χ1n) is 12.1. The van der Waals surface area contributed by atoms with E-state index in [4.69, 9.17) is 4.98 Å². The number of aromatic amines is 1. The van der Waals surface area contributed by atoms with Crippen LogP contribution in [0, 0.1) is 12.8 Å². The average molecular weight is 532 g/mol. The number of aryl methyl sites for hydroxylation is 2. The molecule has 2 aliphatic carbocycles. The molecule has 3 heterocycles. The number of aromatic nitrogens is 6. The van der Waals surface area contributed by atoms with Crippen LogP contribution in [0.25, 0.3) is 11.0 Å². The van der Waals surface area contributed by atoms with E-state index in [9.17, 15) is 13.2 Å². The molecule has 7 nitrogen and oxygen atoms in total. The monoisotopic (exact) mass is 531 g/mol. The van der Waals surface area contributed by atoms with Gasteiger partial charge in [-0.15, -0.1) is 0 Å². The summed E-state index contributed by atoms with van der Waals surface area (Å²) in [5.41, 5.74) is 1.66. The summed E-state index contributed by atoms with van der Waals surface area (Å²) in [6.07, 6.45) is -2.59. The van der Waals surface area contributed by atoms with Crippen molar-refractivity contribution < 1.29 is 17.6 Å². The fourth-order valence-corrected chi connectivity index (χ4v) is 5.82. The number of rotatable bonds is 7.